The fourth-order valence-corrected chi connectivity index (χ4v) is 5.22. The van der Waals surface area contributed by atoms with Crippen LogP contribution in [0.2, 0.25) is 0 Å². The first-order valence-electron chi connectivity index (χ1n) is 5.88. The molecule has 1 aromatic heterocycles. The molecule has 0 spiro atoms. The van der Waals surface area contributed by atoms with Crippen molar-refractivity contribution in [3.05, 3.63) is 16.0 Å². The lowest BCUT2D eigenvalue weighted by molar-refractivity contribution is 0.0697. The molecule has 0 bridgehead atoms. The Hall–Kier alpha value is -1.08. The third kappa shape index (κ3) is 1.91. The lowest BCUT2D eigenvalue weighted by atomic mass is 10.1. The number of rotatable bonds is 4. The highest BCUT2D eigenvalue weighted by Crippen LogP contribution is 2.41. The molecule has 5 nitrogen and oxygen atoms in total. The summed E-state index contributed by atoms with van der Waals surface area (Å²) in [4.78, 5) is 12.3. The second-order valence-electron chi connectivity index (χ2n) is 4.71. The van der Waals surface area contributed by atoms with Crippen LogP contribution in [0.1, 0.15) is 40.1 Å². The molecule has 2 aliphatic carbocycles. The van der Waals surface area contributed by atoms with Gasteiger partial charge >= 0.3 is 5.97 Å². The number of aryl methyl sites for hydroxylation is 1. The van der Waals surface area contributed by atoms with E-state index in [1.165, 1.54) is 11.3 Å². The minimum Gasteiger partial charge on any atom is -0.478 e. The zero-order valence-electron chi connectivity index (χ0n) is 9.60. The first kappa shape index (κ1) is 12.0. The molecule has 0 amide bonds. The van der Waals surface area contributed by atoms with Crippen LogP contribution in [0.5, 0.6) is 0 Å². The zero-order chi connectivity index (χ0) is 12.9. The monoisotopic (exact) mass is 287 g/mol. The van der Waals surface area contributed by atoms with E-state index in [-0.39, 0.29) is 10.8 Å². The lowest BCUT2D eigenvalue weighted by Gasteiger charge is -2.06. The first-order valence-corrected chi connectivity index (χ1v) is 8.25. The standard InChI is InChI=1S/C11H13NO4S2/c13-11(14)9-7-2-1-3-8(7)17-10(9)12-18(15,16)6-4-5-6/h6,12H,1-5H2,(H,13,14). The fraction of sp³-hybridized carbons (Fsp3) is 0.545. The molecule has 0 aliphatic heterocycles. The Morgan fingerprint density at radius 1 is 1.33 bits per heavy atom. The van der Waals surface area contributed by atoms with Gasteiger partial charge in [-0.3, -0.25) is 4.72 Å². The van der Waals surface area contributed by atoms with Crippen molar-refractivity contribution < 1.29 is 18.3 Å². The summed E-state index contributed by atoms with van der Waals surface area (Å²) in [7, 11) is -3.39. The highest BCUT2D eigenvalue weighted by molar-refractivity contribution is 7.93. The van der Waals surface area contributed by atoms with Gasteiger partial charge in [-0.25, -0.2) is 13.2 Å². The molecule has 1 heterocycles. The van der Waals surface area contributed by atoms with Crippen molar-refractivity contribution >= 4 is 32.3 Å². The van der Waals surface area contributed by atoms with Gasteiger partial charge in [0.2, 0.25) is 10.0 Å². The quantitative estimate of drug-likeness (QED) is 0.885. The Kier molecular flexibility index (Phi) is 2.63. The largest absolute Gasteiger partial charge is 0.478 e. The second kappa shape index (κ2) is 3.96. The van der Waals surface area contributed by atoms with Crippen LogP contribution >= 0.6 is 11.3 Å². The van der Waals surface area contributed by atoms with E-state index in [0.29, 0.717) is 17.8 Å². The minimum atomic E-state index is -3.39. The topological polar surface area (TPSA) is 83.5 Å². The van der Waals surface area contributed by atoms with Crippen LogP contribution in [0.25, 0.3) is 0 Å². The number of carboxylic acid groups (broad SMARTS) is 1. The number of carboxylic acids is 1. The van der Waals surface area contributed by atoms with Crippen molar-refractivity contribution in [3.63, 3.8) is 0 Å². The van der Waals surface area contributed by atoms with Gasteiger partial charge in [0.15, 0.2) is 0 Å². The van der Waals surface area contributed by atoms with E-state index in [2.05, 4.69) is 4.72 Å². The molecule has 98 valence electrons. The van der Waals surface area contributed by atoms with Crippen LogP contribution in [0.15, 0.2) is 0 Å². The Morgan fingerprint density at radius 2 is 2.06 bits per heavy atom. The van der Waals surface area contributed by atoms with Gasteiger partial charge in [-0.15, -0.1) is 11.3 Å². The Balaban J connectivity index is 1.99. The maximum Gasteiger partial charge on any atom is 0.339 e. The molecule has 18 heavy (non-hydrogen) atoms. The molecule has 1 aromatic rings. The second-order valence-corrected chi connectivity index (χ2v) is 7.78. The van der Waals surface area contributed by atoms with E-state index in [1.54, 1.807) is 0 Å². The van der Waals surface area contributed by atoms with Gasteiger partial charge in [0, 0.05) is 4.88 Å². The van der Waals surface area contributed by atoms with Gasteiger partial charge < -0.3 is 5.11 Å². The van der Waals surface area contributed by atoms with Crippen LogP contribution in [0, 0.1) is 0 Å². The average Bonchev–Trinajstić information content (AvgIpc) is 2.94. The Labute approximate surface area is 109 Å². The van der Waals surface area contributed by atoms with Gasteiger partial charge in [-0.1, -0.05) is 0 Å². The van der Waals surface area contributed by atoms with Crippen LogP contribution < -0.4 is 4.72 Å². The molecular formula is C11H13NO4S2. The first-order chi connectivity index (χ1) is 8.49. The summed E-state index contributed by atoms with van der Waals surface area (Å²) in [6.45, 7) is 0. The molecule has 0 radical (unpaired) electrons. The van der Waals surface area contributed by atoms with Gasteiger partial charge in [-0.05, 0) is 37.7 Å². The van der Waals surface area contributed by atoms with E-state index in [9.17, 15) is 18.3 Å². The smallest absolute Gasteiger partial charge is 0.339 e. The normalized spacial score (nSPS) is 18.7. The number of hydrogen-bond acceptors (Lipinski definition) is 4. The highest BCUT2D eigenvalue weighted by Gasteiger charge is 2.37. The summed E-state index contributed by atoms with van der Waals surface area (Å²) < 4.78 is 26.2. The lowest BCUT2D eigenvalue weighted by Crippen LogP contribution is -2.18. The minimum absolute atomic E-state index is 0.164. The Bertz CT molecular complexity index is 613. The number of hydrogen-bond donors (Lipinski definition) is 2. The van der Waals surface area contributed by atoms with E-state index in [1.807, 2.05) is 0 Å². The van der Waals surface area contributed by atoms with Crippen LogP contribution in [0.3, 0.4) is 0 Å². The molecule has 2 N–H and O–H groups in total. The number of anilines is 1. The number of sulfonamides is 1. The molecule has 0 aromatic carbocycles. The molecule has 7 heteroatoms. The summed E-state index contributed by atoms with van der Waals surface area (Å²) in [6, 6.07) is 0. The predicted octanol–water partition coefficient (Wildman–Crippen LogP) is 1.84. The van der Waals surface area contributed by atoms with Crippen molar-refractivity contribution in [1.82, 2.24) is 0 Å². The molecule has 2 aliphatic rings. The maximum absolute atomic E-state index is 11.9. The van der Waals surface area contributed by atoms with Gasteiger partial charge in [0.25, 0.3) is 0 Å². The fourth-order valence-electron chi connectivity index (χ4n) is 2.29. The van der Waals surface area contributed by atoms with Crippen LogP contribution in [-0.2, 0) is 22.9 Å². The number of aromatic carboxylic acids is 1. The van der Waals surface area contributed by atoms with E-state index in [4.69, 9.17) is 0 Å². The van der Waals surface area contributed by atoms with Crippen molar-refractivity contribution in [1.29, 1.82) is 0 Å². The molecule has 0 unspecified atom stereocenters. The Morgan fingerprint density at radius 3 is 2.67 bits per heavy atom. The van der Waals surface area contributed by atoms with Crippen molar-refractivity contribution in [2.75, 3.05) is 4.72 Å². The third-order valence-electron chi connectivity index (χ3n) is 3.33. The van der Waals surface area contributed by atoms with Crippen molar-refractivity contribution in [2.24, 2.45) is 0 Å². The highest BCUT2D eigenvalue weighted by atomic mass is 32.2. The average molecular weight is 287 g/mol. The molecule has 1 saturated carbocycles. The van der Waals surface area contributed by atoms with Gasteiger partial charge in [0.05, 0.1) is 10.8 Å². The van der Waals surface area contributed by atoms with Crippen LogP contribution in [0.4, 0.5) is 5.00 Å². The maximum atomic E-state index is 11.9. The number of thiophene rings is 1. The molecule has 3 rings (SSSR count). The summed E-state index contributed by atoms with van der Waals surface area (Å²) in [5.74, 6) is -1.04. The number of nitrogens with one attached hydrogen (secondary N) is 1. The van der Waals surface area contributed by atoms with E-state index < -0.39 is 16.0 Å². The third-order valence-corrected chi connectivity index (χ3v) is 6.51. The van der Waals surface area contributed by atoms with Crippen molar-refractivity contribution in [2.45, 2.75) is 37.4 Å². The summed E-state index contributed by atoms with van der Waals surface area (Å²) >= 11 is 1.28. The molecule has 0 saturated heterocycles. The number of carbonyl (C=O) groups is 1. The van der Waals surface area contributed by atoms with Crippen LogP contribution in [-0.4, -0.2) is 24.7 Å². The van der Waals surface area contributed by atoms with E-state index in [0.717, 1.165) is 29.7 Å². The van der Waals surface area contributed by atoms with Gasteiger partial charge in [0.1, 0.15) is 5.00 Å². The molecular weight excluding hydrogens is 274 g/mol. The van der Waals surface area contributed by atoms with Gasteiger partial charge in [-0.2, -0.15) is 0 Å². The summed E-state index contributed by atoms with van der Waals surface area (Å²) in [5, 5.41) is 9.20. The SMILES string of the molecule is O=C(O)c1c(NS(=O)(=O)C2CC2)sc2c1CCC2. The van der Waals surface area contributed by atoms with Crippen molar-refractivity contribution in [3.8, 4) is 0 Å². The number of fused-ring (bicyclic) bond motifs is 1. The summed E-state index contributed by atoms with van der Waals surface area (Å²) in [6.07, 6.45) is 3.88. The van der Waals surface area contributed by atoms with E-state index >= 15 is 0 Å². The summed E-state index contributed by atoms with van der Waals surface area (Å²) in [5.41, 5.74) is 0.984. The predicted molar refractivity (Wildman–Crippen MR) is 68.9 cm³/mol. The molecule has 0 atom stereocenters. The zero-order valence-corrected chi connectivity index (χ0v) is 11.2. The molecule has 1 fully saturated rings.